The molecule has 36 heavy (non-hydrogen) atoms. The number of fused-ring (bicyclic) bond motifs is 3. The summed E-state index contributed by atoms with van der Waals surface area (Å²) in [7, 11) is 0. The topological polar surface area (TPSA) is 104 Å². The molecule has 0 unspecified atom stereocenters. The molecule has 0 aliphatic heterocycles. The lowest BCUT2D eigenvalue weighted by atomic mass is 10.1. The third kappa shape index (κ3) is 6.21. The van der Waals surface area contributed by atoms with Crippen molar-refractivity contribution in [2.75, 3.05) is 24.7 Å². The summed E-state index contributed by atoms with van der Waals surface area (Å²) in [6.07, 6.45) is 4.05. The first kappa shape index (κ1) is 26.1. The van der Waals surface area contributed by atoms with Gasteiger partial charge < -0.3 is 9.47 Å². The normalized spacial score (nSPS) is 11.4. The highest BCUT2D eigenvalue weighted by Crippen LogP contribution is 2.40. The van der Waals surface area contributed by atoms with E-state index in [-0.39, 0.29) is 23.4 Å². The van der Waals surface area contributed by atoms with Gasteiger partial charge in [-0.3, -0.25) is 9.59 Å². The zero-order valence-electron chi connectivity index (χ0n) is 20.0. The van der Waals surface area contributed by atoms with E-state index >= 15 is 0 Å². The quantitative estimate of drug-likeness (QED) is 0.112. The van der Waals surface area contributed by atoms with Crippen LogP contribution >= 0.6 is 34.9 Å². The van der Waals surface area contributed by atoms with Crippen LogP contribution in [0.5, 0.6) is 0 Å². The molecule has 11 heteroatoms. The van der Waals surface area contributed by atoms with Crippen LogP contribution in [0, 0.1) is 6.92 Å². The maximum atomic E-state index is 12.0. The molecule has 4 rings (SSSR count). The number of hydrogen-bond donors (Lipinski definition) is 0. The molecule has 186 valence electrons. The molecule has 0 fully saturated rings. The second-order valence-electron chi connectivity index (χ2n) is 7.40. The van der Waals surface area contributed by atoms with Gasteiger partial charge in [0.15, 0.2) is 5.16 Å². The van der Waals surface area contributed by atoms with E-state index in [1.807, 2.05) is 49.4 Å². The number of rotatable bonds is 10. The average Bonchev–Trinajstić information content (AvgIpc) is 3.25. The fraction of sp³-hybridized carbons (Fsp3) is 0.280. The lowest BCUT2D eigenvalue weighted by Crippen LogP contribution is -2.08. The van der Waals surface area contributed by atoms with E-state index in [9.17, 15) is 9.59 Å². The van der Waals surface area contributed by atoms with E-state index in [0.29, 0.717) is 28.9 Å². The summed E-state index contributed by atoms with van der Waals surface area (Å²) < 4.78 is 10.9. The first-order valence-electron chi connectivity index (χ1n) is 11.3. The van der Waals surface area contributed by atoms with Crippen molar-refractivity contribution in [3.63, 3.8) is 0 Å². The van der Waals surface area contributed by atoms with Crippen LogP contribution in [-0.4, -0.2) is 56.8 Å². The van der Waals surface area contributed by atoms with Gasteiger partial charge in [0.1, 0.15) is 9.86 Å². The molecule has 0 spiro atoms. The molecule has 0 aliphatic rings. The molecule has 0 saturated heterocycles. The largest absolute Gasteiger partial charge is 0.465 e. The van der Waals surface area contributed by atoms with Gasteiger partial charge in [0.25, 0.3) is 0 Å². The van der Waals surface area contributed by atoms with Crippen molar-refractivity contribution in [2.24, 2.45) is 0 Å². The zero-order valence-corrected chi connectivity index (χ0v) is 22.5. The number of benzene rings is 1. The van der Waals surface area contributed by atoms with Crippen molar-refractivity contribution in [3.05, 3.63) is 47.2 Å². The predicted octanol–water partition coefficient (Wildman–Crippen LogP) is 5.42. The Bertz CT molecular complexity index is 1420. The minimum Gasteiger partial charge on any atom is -0.465 e. The molecular formula is C25H24N4O4S3. The summed E-state index contributed by atoms with van der Waals surface area (Å²) in [5.41, 5.74) is 3.46. The molecule has 0 N–H and O–H groups in total. The van der Waals surface area contributed by atoms with Crippen LogP contribution in [0.1, 0.15) is 30.7 Å². The molecule has 3 aromatic heterocycles. The maximum Gasteiger partial charge on any atom is 0.316 e. The molecule has 0 bridgehead atoms. The van der Waals surface area contributed by atoms with Crippen LogP contribution in [0.2, 0.25) is 0 Å². The Kier molecular flexibility index (Phi) is 8.89. The summed E-state index contributed by atoms with van der Waals surface area (Å²) in [5.74, 6) is -0.460. The van der Waals surface area contributed by atoms with Crippen LogP contribution in [0.25, 0.3) is 32.6 Å². The number of aromatic nitrogens is 4. The Balaban J connectivity index is 1.81. The third-order valence-corrected chi connectivity index (χ3v) is 7.88. The molecule has 0 atom stereocenters. The first-order chi connectivity index (χ1) is 17.5. The fourth-order valence-corrected chi connectivity index (χ4v) is 6.03. The minimum absolute atomic E-state index is 0.0863. The third-order valence-electron chi connectivity index (χ3n) is 4.91. The van der Waals surface area contributed by atoms with Gasteiger partial charge in [-0.15, -0.1) is 16.4 Å². The highest BCUT2D eigenvalue weighted by atomic mass is 32.2. The lowest BCUT2D eigenvalue weighted by molar-refractivity contribution is -0.140. The number of carbonyl (C=O) groups excluding carboxylic acids is 2. The summed E-state index contributed by atoms with van der Waals surface area (Å²) >= 11 is 3.91. The summed E-state index contributed by atoms with van der Waals surface area (Å²) in [5, 5.41) is 10.7. The van der Waals surface area contributed by atoms with E-state index in [2.05, 4.69) is 15.2 Å². The molecule has 1 aromatic carbocycles. The van der Waals surface area contributed by atoms with Crippen molar-refractivity contribution < 1.29 is 19.1 Å². The van der Waals surface area contributed by atoms with Crippen LogP contribution in [0.3, 0.4) is 0 Å². The van der Waals surface area contributed by atoms with Gasteiger partial charge in [0, 0.05) is 10.9 Å². The van der Waals surface area contributed by atoms with Crippen LogP contribution in [-0.2, 0) is 19.1 Å². The number of thioether (sulfide) groups is 2. The van der Waals surface area contributed by atoms with Crippen LogP contribution in [0.15, 0.2) is 40.5 Å². The van der Waals surface area contributed by atoms with E-state index in [0.717, 1.165) is 31.7 Å². The Morgan fingerprint density at radius 1 is 0.944 bits per heavy atom. The predicted molar refractivity (Wildman–Crippen MR) is 145 cm³/mol. The van der Waals surface area contributed by atoms with Crippen molar-refractivity contribution in [2.45, 2.75) is 31.0 Å². The number of esters is 2. The monoisotopic (exact) mass is 540 g/mol. The Hall–Kier alpha value is -3.02. The minimum atomic E-state index is -0.338. The number of aryl methyl sites for hydroxylation is 1. The van der Waals surface area contributed by atoms with Crippen molar-refractivity contribution in [1.82, 2.24) is 20.2 Å². The van der Waals surface area contributed by atoms with Crippen LogP contribution in [0.4, 0.5) is 0 Å². The van der Waals surface area contributed by atoms with Crippen molar-refractivity contribution >= 4 is 79.4 Å². The number of ether oxygens (including phenoxy) is 2. The molecular weight excluding hydrogens is 517 g/mol. The second kappa shape index (κ2) is 12.3. The second-order valence-corrected chi connectivity index (χ2v) is 10.3. The van der Waals surface area contributed by atoms with E-state index in [4.69, 9.17) is 14.5 Å². The van der Waals surface area contributed by atoms with Crippen molar-refractivity contribution in [3.8, 4) is 0 Å². The van der Waals surface area contributed by atoms with Crippen LogP contribution < -0.4 is 0 Å². The summed E-state index contributed by atoms with van der Waals surface area (Å²) in [6.45, 7) is 6.07. The maximum absolute atomic E-state index is 12.0. The van der Waals surface area contributed by atoms with Gasteiger partial charge in [-0.25, -0.2) is 9.97 Å². The number of nitrogens with zero attached hydrogens (tertiary/aromatic N) is 4. The summed E-state index contributed by atoms with van der Waals surface area (Å²) in [4.78, 5) is 34.2. The molecule has 4 aromatic rings. The van der Waals surface area contributed by atoms with Crippen molar-refractivity contribution in [1.29, 1.82) is 0 Å². The SMILES string of the molecule is CCOC(=O)CSc1nc(SCC(=O)OCC)c2sc3nnc(C)c(/C=C/c4ccccc4)c3c2n1. The Labute approximate surface area is 220 Å². The highest BCUT2D eigenvalue weighted by molar-refractivity contribution is 8.00. The standard InChI is InChI=1S/C25H24N4O4S3/c1-4-32-18(30)13-34-24-22-21(26-25(27-24)35-14-19(31)33-5-2)20-17(15(3)28-29-23(20)36-22)12-11-16-9-7-6-8-10-16/h6-12H,4-5,13-14H2,1-3H3/b12-11+. The first-order valence-corrected chi connectivity index (χ1v) is 14.1. The lowest BCUT2D eigenvalue weighted by Gasteiger charge is -2.07. The van der Waals surface area contributed by atoms with E-state index < -0.39 is 0 Å². The fourth-order valence-electron chi connectivity index (χ4n) is 3.36. The molecule has 3 heterocycles. The van der Waals surface area contributed by atoms with Gasteiger partial charge in [-0.05, 0) is 26.3 Å². The smallest absolute Gasteiger partial charge is 0.316 e. The zero-order chi connectivity index (χ0) is 25.5. The number of hydrogen-bond acceptors (Lipinski definition) is 11. The number of thiophene rings is 1. The van der Waals surface area contributed by atoms with Gasteiger partial charge in [-0.1, -0.05) is 66.0 Å². The van der Waals surface area contributed by atoms with Gasteiger partial charge in [0.2, 0.25) is 0 Å². The van der Waals surface area contributed by atoms with Gasteiger partial charge in [-0.2, -0.15) is 5.10 Å². The average molecular weight is 541 g/mol. The Morgan fingerprint density at radius 2 is 1.64 bits per heavy atom. The van der Waals surface area contributed by atoms with Gasteiger partial charge >= 0.3 is 11.9 Å². The highest BCUT2D eigenvalue weighted by Gasteiger charge is 2.20. The molecule has 8 nitrogen and oxygen atoms in total. The summed E-state index contributed by atoms with van der Waals surface area (Å²) in [6, 6.07) is 10.0. The molecule has 0 amide bonds. The van der Waals surface area contributed by atoms with E-state index in [1.54, 1.807) is 13.8 Å². The Morgan fingerprint density at radius 3 is 2.33 bits per heavy atom. The van der Waals surface area contributed by atoms with Gasteiger partial charge in [0.05, 0.1) is 40.6 Å². The molecule has 0 saturated carbocycles. The molecule has 0 radical (unpaired) electrons. The number of carbonyl (C=O) groups is 2. The van der Waals surface area contributed by atoms with E-state index in [1.165, 1.54) is 34.9 Å². The molecule has 0 aliphatic carbocycles.